The molecule has 0 aliphatic heterocycles. The Morgan fingerprint density at radius 2 is 2.05 bits per heavy atom. The van der Waals surface area contributed by atoms with E-state index in [0.29, 0.717) is 24.2 Å². The van der Waals surface area contributed by atoms with Crippen molar-refractivity contribution in [3.63, 3.8) is 0 Å². The number of aryl methyl sites for hydroxylation is 1. The number of unbranched alkanes of at least 4 members (excludes halogenated alkanes) is 1. The van der Waals surface area contributed by atoms with Gasteiger partial charge < -0.3 is 4.74 Å². The molecule has 0 radical (unpaired) electrons. The third-order valence-electron chi connectivity index (χ3n) is 4.14. The molecule has 2 rings (SSSR count). The second-order valence-corrected chi connectivity index (χ2v) is 5.77. The van der Waals surface area contributed by atoms with E-state index in [0.717, 1.165) is 25.7 Å². The van der Waals surface area contributed by atoms with Crippen LogP contribution in [-0.4, -0.2) is 12.7 Å². The lowest BCUT2D eigenvalue weighted by Crippen LogP contribution is -2.17. The van der Waals surface area contributed by atoms with Crippen molar-refractivity contribution in [1.82, 2.24) is 0 Å². The van der Waals surface area contributed by atoms with Crippen LogP contribution in [0.5, 0.6) is 0 Å². The van der Waals surface area contributed by atoms with Crippen LogP contribution >= 0.6 is 0 Å². The van der Waals surface area contributed by atoms with Crippen LogP contribution in [0.4, 0.5) is 8.78 Å². The van der Waals surface area contributed by atoms with Gasteiger partial charge in [0.2, 0.25) is 0 Å². The molecule has 0 saturated carbocycles. The van der Waals surface area contributed by atoms with Crippen molar-refractivity contribution in [2.24, 2.45) is 0 Å². The highest BCUT2D eigenvalue weighted by molar-refractivity contribution is 5.32. The summed E-state index contributed by atoms with van der Waals surface area (Å²) < 4.78 is 34.0. The van der Waals surface area contributed by atoms with Crippen molar-refractivity contribution in [1.29, 1.82) is 0 Å². The molecule has 2 atom stereocenters. The lowest BCUT2D eigenvalue weighted by Gasteiger charge is -2.23. The van der Waals surface area contributed by atoms with Crippen LogP contribution in [0.3, 0.4) is 0 Å². The highest BCUT2D eigenvalue weighted by atomic mass is 19.2. The molecule has 0 bridgehead atoms. The normalized spacial score (nSPS) is 21.0. The smallest absolute Gasteiger partial charge is 0.162 e. The first-order valence-corrected chi connectivity index (χ1v) is 8.05. The summed E-state index contributed by atoms with van der Waals surface area (Å²) in [5.41, 5.74) is 0.936. The molecule has 1 aliphatic carbocycles. The molecule has 1 aromatic carbocycles. The molecular weight excluding hydrogens is 282 g/mol. The fraction of sp³-hybridized carbons (Fsp3) is 0.474. The maximum Gasteiger partial charge on any atom is 0.162 e. The van der Waals surface area contributed by atoms with Crippen LogP contribution < -0.4 is 0 Å². The van der Waals surface area contributed by atoms with Gasteiger partial charge in [-0.3, -0.25) is 0 Å². The van der Waals surface area contributed by atoms with E-state index in [1.807, 2.05) is 19.1 Å². The van der Waals surface area contributed by atoms with E-state index in [4.69, 9.17) is 4.74 Å². The van der Waals surface area contributed by atoms with Gasteiger partial charge in [-0.05, 0) is 36.8 Å². The number of ether oxygens (including phenoxy) is 1. The molecule has 0 amide bonds. The number of benzene rings is 1. The predicted octanol–water partition coefficient (Wildman–Crippen LogP) is 5.31. The van der Waals surface area contributed by atoms with Gasteiger partial charge >= 0.3 is 0 Å². The first-order chi connectivity index (χ1) is 10.7. The van der Waals surface area contributed by atoms with Gasteiger partial charge in [-0.25, -0.2) is 8.78 Å². The Morgan fingerprint density at radius 3 is 2.68 bits per heavy atom. The molecule has 22 heavy (non-hydrogen) atoms. The van der Waals surface area contributed by atoms with E-state index >= 15 is 0 Å². The zero-order valence-corrected chi connectivity index (χ0v) is 13.2. The van der Waals surface area contributed by atoms with Crippen LogP contribution in [0.2, 0.25) is 0 Å². The molecule has 2 unspecified atom stereocenters. The van der Waals surface area contributed by atoms with Crippen molar-refractivity contribution < 1.29 is 13.5 Å². The lowest BCUT2D eigenvalue weighted by atomic mass is 9.87. The Kier molecular flexibility index (Phi) is 6.32. The minimum atomic E-state index is -0.686. The van der Waals surface area contributed by atoms with Crippen molar-refractivity contribution in [3.05, 3.63) is 59.7 Å². The Hall–Kier alpha value is -1.48. The molecule has 1 aromatic rings. The Labute approximate surface area is 131 Å². The molecule has 0 N–H and O–H groups in total. The number of halogens is 2. The van der Waals surface area contributed by atoms with Crippen LogP contribution in [-0.2, 0) is 11.2 Å². The monoisotopic (exact) mass is 306 g/mol. The molecule has 0 spiro atoms. The number of rotatable bonds is 7. The van der Waals surface area contributed by atoms with Crippen molar-refractivity contribution in [2.45, 2.75) is 51.0 Å². The minimum absolute atomic E-state index is 0.0472. The Morgan fingerprint density at radius 1 is 1.23 bits per heavy atom. The topological polar surface area (TPSA) is 9.23 Å². The number of hydrogen-bond acceptors (Lipinski definition) is 1. The van der Waals surface area contributed by atoms with E-state index in [9.17, 15) is 8.78 Å². The van der Waals surface area contributed by atoms with Gasteiger partial charge in [0, 0.05) is 5.92 Å². The molecule has 0 heterocycles. The summed E-state index contributed by atoms with van der Waals surface area (Å²) in [6, 6.07) is 3.47. The zero-order chi connectivity index (χ0) is 15.9. The molecule has 0 saturated heterocycles. The van der Waals surface area contributed by atoms with E-state index < -0.39 is 11.6 Å². The molecule has 0 fully saturated rings. The predicted molar refractivity (Wildman–Crippen MR) is 86.0 cm³/mol. The van der Waals surface area contributed by atoms with Gasteiger partial charge in [0.15, 0.2) is 11.6 Å². The van der Waals surface area contributed by atoms with Gasteiger partial charge in [-0.15, -0.1) is 6.58 Å². The second kappa shape index (κ2) is 8.23. The summed E-state index contributed by atoms with van der Waals surface area (Å²) in [4.78, 5) is 0. The molecule has 3 heteroatoms. The SMILES string of the molecule is C=CCOC1C=CC(c2ccc(CCCC)c(F)c2F)CC1. The van der Waals surface area contributed by atoms with E-state index in [-0.39, 0.29) is 12.0 Å². The molecule has 120 valence electrons. The standard InChI is InChI=1S/C19H24F2O/c1-3-5-6-15-9-12-17(19(21)18(15)20)14-7-10-16(11-8-14)22-13-4-2/h4,7,9-10,12,14,16H,2-3,5-6,8,11,13H2,1H3. The van der Waals surface area contributed by atoms with Crippen LogP contribution in [0, 0.1) is 11.6 Å². The van der Waals surface area contributed by atoms with Crippen LogP contribution in [0.1, 0.15) is 49.7 Å². The maximum absolute atomic E-state index is 14.3. The van der Waals surface area contributed by atoms with Gasteiger partial charge in [0.05, 0.1) is 12.7 Å². The average Bonchev–Trinajstić information content (AvgIpc) is 2.55. The van der Waals surface area contributed by atoms with Gasteiger partial charge in [0.1, 0.15) is 0 Å². The summed E-state index contributed by atoms with van der Waals surface area (Å²) in [5.74, 6) is -1.43. The lowest BCUT2D eigenvalue weighted by molar-refractivity contribution is 0.0963. The van der Waals surface area contributed by atoms with Gasteiger partial charge in [-0.1, -0.05) is 43.7 Å². The molecule has 0 aromatic heterocycles. The van der Waals surface area contributed by atoms with E-state index in [2.05, 4.69) is 6.58 Å². The third-order valence-corrected chi connectivity index (χ3v) is 4.14. The summed E-state index contributed by atoms with van der Waals surface area (Å²) in [6.07, 6.45) is 9.66. The molecular formula is C19H24F2O. The summed E-state index contributed by atoms with van der Waals surface area (Å²) in [5, 5.41) is 0. The fourth-order valence-electron chi connectivity index (χ4n) is 2.84. The first kappa shape index (κ1) is 16.9. The zero-order valence-electron chi connectivity index (χ0n) is 13.2. The minimum Gasteiger partial charge on any atom is -0.370 e. The third kappa shape index (κ3) is 4.04. The number of allylic oxidation sites excluding steroid dienone is 1. The average molecular weight is 306 g/mol. The number of hydrogen-bond donors (Lipinski definition) is 0. The van der Waals surface area contributed by atoms with Crippen LogP contribution in [0.25, 0.3) is 0 Å². The van der Waals surface area contributed by atoms with E-state index in [1.54, 1.807) is 18.2 Å². The van der Waals surface area contributed by atoms with E-state index in [1.165, 1.54) is 0 Å². The summed E-state index contributed by atoms with van der Waals surface area (Å²) in [7, 11) is 0. The second-order valence-electron chi connectivity index (χ2n) is 5.77. The summed E-state index contributed by atoms with van der Waals surface area (Å²) in [6.45, 7) is 6.17. The fourth-order valence-corrected chi connectivity index (χ4v) is 2.84. The quantitative estimate of drug-likeness (QED) is 0.620. The Bertz CT molecular complexity index is 536. The van der Waals surface area contributed by atoms with Crippen molar-refractivity contribution in [2.75, 3.05) is 6.61 Å². The largest absolute Gasteiger partial charge is 0.370 e. The summed E-state index contributed by atoms with van der Waals surface area (Å²) >= 11 is 0. The Balaban J connectivity index is 2.10. The van der Waals surface area contributed by atoms with Crippen molar-refractivity contribution >= 4 is 0 Å². The highest BCUT2D eigenvalue weighted by Gasteiger charge is 2.22. The highest BCUT2D eigenvalue weighted by Crippen LogP contribution is 2.32. The van der Waals surface area contributed by atoms with Gasteiger partial charge in [-0.2, -0.15) is 0 Å². The van der Waals surface area contributed by atoms with Crippen LogP contribution in [0.15, 0.2) is 36.9 Å². The maximum atomic E-state index is 14.3. The molecule has 1 nitrogen and oxygen atoms in total. The molecule has 1 aliphatic rings. The first-order valence-electron chi connectivity index (χ1n) is 8.05. The van der Waals surface area contributed by atoms with Gasteiger partial charge in [0.25, 0.3) is 0 Å². The van der Waals surface area contributed by atoms with Crippen molar-refractivity contribution in [3.8, 4) is 0 Å².